The first-order valence-corrected chi connectivity index (χ1v) is 5.19. The van der Waals surface area contributed by atoms with Gasteiger partial charge in [-0.05, 0) is 30.8 Å². The van der Waals surface area contributed by atoms with Gasteiger partial charge in [0, 0.05) is 19.6 Å². The van der Waals surface area contributed by atoms with Crippen molar-refractivity contribution in [2.24, 2.45) is 17.8 Å². The molecule has 12 heavy (non-hydrogen) atoms. The smallest absolute Gasteiger partial charge is 0.00257 e. The minimum atomic E-state index is 0.830. The van der Waals surface area contributed by atoms with E-state index in [-0.39, 0.29) is 0 Å². The van der Waals surface area contributed by atoms with Crippen LogP contribution in [-0.2, 0) is 0 Å². The average Bonchev–Trinajstić information content (AvgIpc) is 2.43. The van der Waals surface area contributed by atoms with Gasteiger partial charge in [-0.2, -0.15) is 0 Å². The molecule has 2 nitrogen and oxygen atoms in total. The van der Waals surface area contributed by atoms with Crippen LogP contribution in [0.1, 0.15) is 13.8 Å². The van der Waals surface area contributed by atoms with Gasteiger partial charge in [-0.3, -0.25) is 0 Å². The van der Waals surface area contributed by atoms with E-state index in [0.29, 0.717) is 0 Å². The summed E-state index contributed by atoms with van der Waals surface area (Å²) >= 11 is 0. The predicted octanol–water partition coefficient (Wildman–Crippen LogP) is 0.794. The Morgan fingerprint density at radius 2 is 1.83 bits per heavy atom. The van der Waals surface area contributed by atoms with Gasteiger partial charge in [0.1, 0.15) is 0 Å². The molecule has 0 saturated carbocycles. The summed E-state index contributed by atoms with van der Waals surface area (Å²) in [5.41, 5.74) is 0. The maximum atomic E-state index is 3.47. The van der Waals surface area contributed by atoms with Crippen molar-refractivity contribution in [3.05, 3.63) is 0 Å². The molecule has 0 aromatic heterocycles. The molecule has 0 aromatic carbocycles. The SMILES string of the molecule is CC(C)CN1CC2CNC[C@@H]2C1. The molecule has 2 aliphatic rings. The second kappa shape index (κ2) is 3.35. The quantitative estimate of drug-likeness (QED) is 0.656. The van der Waals surface area contributed by atoms with Gasteiger partial charge in [0.15, 0.2) is 0 Å². The van der Waals surface area contributed by atoms with Crippen molar-refractivity contribution in [3.8, 4) is 0 Å². The van der Waals surface area contributed by atoms with E-state index in [1.165, 1.54) is 32.7 Å². The lowest BCUT2D eigenvalue weighted by atomic mass is 10.0. The van der Waals surface area contributed by atoms with Crippen LogP contribution in [0.5, 0.6) is 0 Å². The van der Waals surface area contributed by atoms with Gasteiger partial charge in [-0.25, -0.2) is 0 Å². The largest absolute Gasteiger partial charge is 0.316 e. The Labute approximate surface area is 75.3 Å². The van der Waals surface area contributed by atoms with Gasteiger partial charge in [0.25, 0.3) is 0 Å². The molecule has 0 aliphatic carbocycles. The topological polar surface area (TPSA) is 15.3 Å². The van der Waals surface area contributed by atoms with E-state index in [2.05, 4.69) is 24.1 Å². The number of nitrogens with zero attached hydrogens (tertiary/aromatic N) is 1. The molecule has 2 rings (SSSR count). The molecule has 2 heterocycles. The first kappa shape index (κ1) is 8.52. The molecule has 1 N–H and O–H groups in total. The molecule has 2 saturated heterocycles. The third-order valence-electron chi connectivity index (χ3n) is 3.09. The van der Waals surface area contributed by atoms with Crippen LogP contribution >= 0.6 is 0 Å². The van der Waals surface area contributed by atoms with Crippen LogP contribution in [0, 0.1) is 17.8 Å². The molecule has 1 unspecified atom stereocenters. The van der Waals surface area contributed by atoms with Gasteiger partial charge < -0.3 is 10.2 Å². The minimum Gasteiger partial charge on any atom is -0.316 e. The summed E-state index contributed by atoms with van der Waals surface area (Å²) in [6.07, 6.45) is 0. The summed E-state index contributed by atoms with van der Waals surface area (Å²) < 4.78 is 0. The lowest BCUT2D eigenvalue weighted by Crippen LogP contribution is -2.28. The number of likely N-dealkylation sites (tertiary alicyclic amines) is 1. The Hall–Kier alpha value is -0.0800. The third kappa shape index (κ3) is 1.64. The number of hydrogen-bond acceptors (Lipinski definition) is 2. The number of rotatable bonds is 2. The monoisotopic (exact) mass is 168 g/mol. The van der Waals surface area contributed by atoms with Crippen molar-refractivity contribution in [2.45, 2.75) is 13.8 Å². The lowest BCUT2D eigenvalue weighted by Gasteiger charge is -2.18. The average molecular weight is 168 g/mol. The summed E-state index contributed by atoms with van der Waals surface area (Å²) in [4.78, 5) is 2.64. The molecule has 0 amide bonds. The van der Waals surface area contributed by atoms with E-state index in [0.717, 1.165) is 17.8 Å². The van der Waals surface area contributed by atoms with Crippen molar-refractivity contribution >= 4 is 0 Å². The van der Waals surface area contributed by atoms with Crippen LogP contribution < -0.4 is 5.32 Å². The molecule has 70 valence electrons. The highest BCUT2D eigenvalue weighted by molar-refractivity contribution is 4.91. The Bertz CT molecular complexity index is 144. The highest BCUT2D eigenvalue weighted by Gasteiger charge is 2.35. The van der Waals surface area contributed by atoms with Crippen molar-refractivity contribution < 1.29 is 0 Å². The minimum absolute atomic E-state index is 0.830. The first-order chi connectivity index (χ1) is 5.75. The molecule has 0 aromatic rings. The van der Waals surface area contributed by atoms with Crippen LogP contribution in [0.15, 0.2) is 0 Å². The molecule has 2 aliphatic heterocycles. The molecule has 0 spiro atoms. The fourth-order valence-electron chi connectivity index (χ4n) is 2.62. The van der Waals surface area contributed by atoms with Gasteiger partial charge in [0.2, 0.25) is 0 Å². The van der Waals surface area contributed by atoms with E-state index in [9.17, 15) is 0 Å². The third-order valence-corrected chi connectivity index (χ3v) is 3.09. The van der Waals surface area contributed by atoms with Gasteiger partial charge in [0.05, 0.1) is 0 Å². The fourth-order valence-corrected chi connectivity index (χ4v) is 2.62. The van der Waals surface area contributed by atoms with Gasteiger partial charge in [-0.15, -0.1) is 0 Å². The predicted molar refractivity (Wildman–Crippen MR) is 51.1 cm³/mol. The zero-order valence-electron chi connectivity index (χ0n) is 8.21. The van der Waals surface area contributed by atoms with E-state index >= 15 is 0 Å². The maximum absolute atomic E-state index is 3.47. The van der Waals surface area contributed by atoms with Crippen LogP contribution in [0.3, 0.4) is 0 Å². The second-order valence-corrected chi connectivity index (χ2v) is 4.79. The van der Waals surface area contributed by atoms with Crippen LogP contribution in [0.4, 0.5) is 0 Å². The molecular weight excluding hydrogens is 148 g/mol. The number of nitrogens with one attached hydrogen (secondary N) is 1. The molecule has 2 fully saturated rings. The molecule has 2 atom stereocenters. The Balaban J connectivity index is 1.82. The zero-order valence-corrected chi connectivity index (χ0v) is 8.21. The fraction of sp³-hybridized carbons (Fsp3) is 1.00. The molecule has 0 bridgehead atoms. The highest BCUT2D eigenvalue weighted by atomic mass is 15.2. The van der Waals surface area contributed by atoms with E-state index < -0.39 is 0 Å². The normalized spacial score (nSPS) is 36.2. The Kier molecular flexibility index (Phi) is 2.37. The van der Waals surface area contributed by atoms with Crippen molar-refractivity contribution in [1.82, 2.24) is 10.2 Å². The Morgan fingerprint density at radius 1 is 1.25 bits per heavy atom. The van der Waals surface area contributed by atoms with Crippen molar-refractivity contribution in [3.63, 3.8) is 0 Å². The molecule has 0 radical (unpaired) electrons. The summed E-state index contributed by atoms with van der Waals surface area (Å²) in [6.45, 7) is 11.1. The van der Waals surface area contributed by atoms with E-state index in [1.807, 2.05) is 0 Å². The molecular formula is C10H20N2. The second-order valence-electron chi connectivity index (χ2n) is 4.79. The van der Waals surface area contributed by atoms with Crippen molar-refractivity contribution in [1.29, 1.82) is 0 Å². The number of fused-ring (bicyclic) bond motifs is 1. The summed E-state index contributed by atoms with van der Waals surface area (Å²) in [5.74, 6) is 2.75. The van der Waals surface area contributed by atoms with E-state index in [1.54, 1.807) is 0 Å². The van der Waals surface area contributed by atoms with E-state index in [4.69, 9.17) is 0 Å². The van der Waals surface area contributed by atoms with Crippen LogP contribution in [-0.4, -0.2) is 37.6 Å². The standard InChI is InChI=1S/C10H20N2/c1-8(2)5-12-6-9-3-11-4-10(9)7-12/h8-11H,3-7H2,1-2H3/t9-,10?/m1/s1. The highest BCUT2D eigenvalue weighted by Crippen LogP contribution is 2.26. The van der Waals surface area contributed by atoms with Crippen molar-refractivity contribution in [2.75, 3.05) is 32.7 Å². The summed E-state index contributed by atoms with van der Waals surface area (Å²) in [7, 11) is 0. The number of hydrogen-bond donors (Lipinski definition) is 1. The first-order valence-electron chi connectivity index (χ1n) is 5.19. The van der Waals surface area contributed by atoms with Gasteiger partial charge in [-0.1, -0.05) is 13.8 Å². The maximum Gasteiger partial charge on any atom is 0.00257 e. The van der Waals surface area contributed by atoms with Gasteiger partial charge >= 0.3 is 0 Å². The zero-order chi connectivity index (χ0) is 8.55. The van der Waals surface area contributed by atoms with Crippen LogP contribution in [0.2, 0.25) is 0 Å². The summed E-state index contributed by atoms with van der Waals surface area (Å²) in [5, 5.41) is 3.47. The molecule has 2 heteroatoms. The lowest BCUT2D eigenvalue weighted by molar-refractivity contribution is 0.278. The Morgan fingerprint density at radius 3 is 2.33 bits per heavy atom. The van der Waals surface area contributed by atoms with Crippen LogP contribution in [0.25, 0.3) is 0 Å². The summed E-state index contributed by atoms with van der Waals surface area (Å²) in [6, 6.07) is 0.